The molecule has 4 rings (SSSR count). The molecule has 1 fully saturated rings. The number of piperazine rings is 1. The monoisotopic (exact) mass is 433 g/mol. The van der Waals surface area contributed by atoms with Crippen LogP contribution in [0.4, 0.5) is 5.82 Å². The Balaban J connectivity index is 1.33. The topological polar surface area (TPSA) is 58.1 Å². The fourth-order valence-corrected chi connectivity index (χ4v) is 3.69. The summed E-state index contributed by atoms with van der Waals surface area (Å²) in [5, 5.41) is 10.7. The van der Waals surface area contributed by atoms with Gasteiger partial charge in [0.05, 0.1) is 19.3 Å². The molecule has 0 aliphatic carbocycles. The zero-order valence-corrected chi connectivity index (χ0v) is 16.8. The van der Waals surface area contributed by atoms with Crippen molar-refractivity contribution in [2.75, 3.05) is 50.8 Å². The van der Waals surface area contributed by atoms with Crippen LogP contribution in [0.1, 0.15) is 18.1 Å². The van der Waals surface area contributed by atoms with Gasteiger partial charge in [0.1, 0.15) is 5.82 Å². The molecular formula is C20H24BrN3O3. The van der Waals surface area contributed by atoms with Crippen LogP contribution < -0.4 is 14.4 Å². The van der Waals surface area contributed by atoms with Gasteiger partial charge in [0, 0.05) is 49.8 Å². The van der Waals surface area contributed by atoms with Gasteiger partial charge in [-0.1, -0.05) is 6.07 Å². The smallest absolute Gasteiger partial charge is 0.161 e. The van der Waals surface area contributed by atoms with E-state index in [1.165, 1.54) is 0 Å². The minimum absolute atomic E-state index is 0.542. The van der Waals surface area contributed by atoms with Gasteiger partial charge in [0.15, 0.2) is 11.5 Å². The van der Waals surface area contributed by atoms with Gasteiger partial charge in [0.25, 0.3) is 0 Å². The number of β-amino-alcohol motifs (C(OH)–C–C–N with tert-alkyl or cyclic N) is 1. The molecule has 1 unspecified atom stereocenters. The van der Waals surface area contributed by atoms with Crippen molar-refractivity contribution in [3.05, 3.63) is 46.6 Å². The molecule has 7 heteroatoms. The third-order valence-corrected chi connectivity index (χ3v) is 5.46. The number of rotatable bonds is 4. The molecule has 1 atom stereocenters. The van der Waals surface area contributed by atoms with E-state index in [2.05, 4.69) is 30.7 Å². The molecule has 6 nitrogen and oxygen atoms in total. The average Bonchev–Trinajstić information content (AvgIpc) is 2.94. The van der Waals surface area contributed by atoms with Crippen LogP contribution >= 0.6 is 15.9 Å². The third-order valence-electron chi connectivity index (χ3n) is 5.00. The minimum atomic E-state index is -0.542. The first kappa shape index (κ1) is 18.5. The summed E-state index contributed by atoms with van der Waals surface area (Å²) >= 11 is 3.42. The van der Waals surface area contributed by atoms with E-state index in [9.17, 15) is 5.11 Å². The van der Waals surface area contributed by atoms with Gasteiger partial charge < -0.3 is 19.5 Å². The number of halogens is 1. The van der Waals surface area contributed by atoms with Crippen LogP contribution in [0.15, 0.2) is 41.0 Å². The summed E-state index contributed by atoms with van der Waals surface area (Å²) < 4.78 is 12.4. The van der Waals surface area contributed by atoms with E-state index < -0.39 is 6.10 Å². The first-order chi connectivity index (χ1) is 13.2. The lowest BCUT2D eigenvalue weighted by Gasteiger charge is -2.36. The molecule has 0 radical (unpaired) electrons. The SMILES string of the molecule is OC(CN1CCN(c2ccc(Br)cn2)CC1)c1ccc2c(c1)OCCCO2. The summed E-state index contributed by atoms with van der Waals surface area (Å²) in [7, 11) is 0. The second-order valence-electron chi connectivity index (χ2n) is 6.89. The van der Waals surface area contributed by atoms with Crippen molar-refractivity contribution in [3.63, 3.8) is 0 Å². The summed E-state index contributed by atoms with van der Waals surface area (Å²) in [6, 6.07) is 9.79. The van der Waals surface area contributed by atoms with Crippen molar-refractivity contribution < 1.29 is 14.6 Å². The van der Waals surface area contributed by atoms with Gasteiger partial charge in [0.2, 0.25) is 0 Å². The molecular weight excluding hydrogens is 410 g/mol. The highest BCUT2D eigenvalue weighted by molar-refractivity contribution is 9.10. The summed E-state index contributed by atoms with van der Waals surface area (Å²) in [6.07, 6.45) is 2.17. The lowest BCUT2D eigenvalue weighted by Crippen LogP contribution is -2.47. The second kappa shape index (κ2) is 8.46. The number of fused-ring (bicyclic) bond motifs is 1. The Hall–Kier alpha value is -1.83. The predicted molar refractivity (Wildman–Crippen MR) is 108 cm³/mol. The molecule has 2 aromatic rings. The number of hydrogen-bond donors (Lipinski definition) is 1. The Morgan fingerprint density at radius 3 is 2.56 bits per heavy atom. The molecule has 1 N–H and O–H groups in total. The Morgan fingerprint density at radius 1 is 1.04 bits per heavy atom. The number of aliphatic hydroxyl groups excluding tert-OH is 1. The van der Waals surface area contributed by atoms with Gasteiger partial charge >= 0.3 is 0 Å². The van der Waals surface area contributed by atoms with E-state index in [1.807, 2.05) is 36.5 Å². The van der Waals surface area contributed by atoms with Crippen LogP contribution in [0.25, 0.3) is 0 Å². The fraction of sp³-hybridized carbons (Fsp3) is 0.450. The number of hydrogen-bond acceptors (Lipinski definition) is 6. The highest BCUT2D eigenvalue weighted by Gasteiger charge is 2.22. The summed E-state index contributed by atoms with van der Waals surface area (Å²) in [5.41, 5.74) is 0.872. The van der Waals surface area contributed by atoms with Crippen molar-refractivity contribution in [2.45, 2.75) is 12.5 Å². The lowest BCUT2D eigenvalue weighted by molar-refractivity contribution is 0.109. The molecule has 0 bridgehead atoms. The number of aliphatic hydroxyl groups is 1. The molecule has 1 aromatic carbocycles. The van der Waals surface area contributed by atoms with Crippen molar-refractivity contribution in [1.82, 2.24) is 9.88 Å². The van der Waals surface area contributed by atoms with E-state index >= 15 is 0 Å². The summed E-state index contributed by atoms with van der Waals surface area (Å²) in [6.45, 7) is 5.55. The number of nitrogens with zero attached hydrogens (tertiary/aromatic N) is 3. The standard InChI is InChI=1S/C20H24BrN3O3/c21-16-3-5-20(22-13-16)24-8-6-23(7-9-24)14-17(25)15-2-4-18-19(12-15)27-11-1-10-26-18/h2-5,12-13,17,25H,1,6-11,14H2. The number of aromatic nitrogens is 1. The first-order valence-electron chi connectivity index (χ1n) is 9.35. The summed E-state index contributed by atoms with van der Waals surface area (Å²) in [4.78, 5) is 9.04. The van der Waals surface area contributed by atoms with Crippen LogP contribution in [0.5, 0.6) is 11.5 Å². The van der Waals surface area contributed by atoms with E-state index in [0.29, 0.717) is 19.8 Å². The highest BCUT2D eigenvalue weighted by atomic mass is 79.9. The maximum Gasteiger partial charge on any atom is 0.161 e. The third kappa shape index (κ3) is 4.54. The molecule has 1 saturated heterocycles. The molecule has 1 aromatic heterocycles. The van der Waals surface area contributed by atoms with E-state index in [-0.39, 0.29) is 0 Å². The van der Waals surface area contributed by atoms with Gasteiger partial charge in [-0.05, 0) is 45.8 Å². The van der Waals surface area contributed by atoms with Gasteiger partial charge in [-0.3, -0.25) is 4.90 Å². The average molecular weight is 434 g/mol. The maximum atomic E-state index is 10.7. The van der Waals surface area contributed by atoms with Crippen LogP contribution in [0, 0.1) is 0 Å². The quantitative estimate of drug-likeness (QED) is 0.799. The van der Waals surface area contributed by atoms with Crippen LogP contribution in [-0.2, 0) is 0 Å². The largest absolute Gasteiger partial charge is 0.490 e. The van der Waals surface area contributed by atoms with Crippen LogP contribution in [-0.4, -0.2) is 60.9 Å². The zero-order chi connectivity index (χ0) is 18.6. The molecule has 2 aliphatic rings. The molecule has 3 heterocycles. The second-order valence-corrected chi connectivity index (χ2v) is 7.81. The van der Waals surface area contributed by atoms with Gasteiger partial charge in [-0.25, -0.2) is 4.98 Å². The van der Waals surface area contributed by atoms with Crippen molar-refractivity contribution in [1.29, 1.82) is 0 Å². The summed E-state index contributed by atoms with van der Waals surface area (Å²) in [5.74, 6) is 2.50. The van der Waals surface area contributed by atoms with Crippen molar-refractivity contribution in [2.24, 2.45) is 0 Å². The number of pyridine rings is 1. The molecule has 0 spiro atoms. The van der Waals surface area contributed by atoms with Gasteiger partial charge in [-0.2, -0.15) is 0 Å². The van der Waals surface area contributed by atoms with Crippen LogP contribution in [0.2, 0.25) is 0 Å². The van der Waals surface area contributed by atoms with E-state index in [4.69, 9.17) is 9.47 Å². The first-order valence-corrected chi connectivity index (χ1v) is 10.1. The minimum Gasteiger partial charge on any atom is -0.490 e. The van der Waals surface area contributed by atoms with Crippen molar-refractivity contribution in [3.8, 4) is 11.5 Å². The highest BCUT2D eigenvalue weighted by Crippen LogP contribution is 2.32. The number of benzene rings is 1. The van der Waals surface area contributed by atoms with Crippen LogP contribution in [0.3, 0.4) is 0 Å². The Morgan fingerprint density at radius 2 is 1.81 bits per heavy atom. The molecule has 27 heavy (non-hydrogen) atoms. The molecule has 0 amide bonds. The Kier molecular flexibility index (Phi) is 5.80. The zero-order valence-electron chi connectivity index (χ0n) is 15.2. The van der Waals surface area contributed by atoms with Crippen molar-refractivity contribution >= 4 is 21.7 Å². The lowest BCUT2D eigenvalue weighted by atomic mass is 10.1. The number of ether oxygens (including phenoxy) is 2. The maximum absolute atomic E-state index is 10.7. The van der Waals surface area contributed by atoms with E-state index in [1.54, 1.807) is 0 Å². The Labute approximate surface area is 167 Å². The Bertz CT molecular complexity index is 764. The number of anilines is 1. The molecule has 144 valence electrons. The fourth-order valence-electron chi connectivity index (χ4n) is 3.45. The van der Waals surface area contributed by atoms with E-state index in [0.717, 1.165) is 60.0 Å². The molecule has 2 aliphatic heterocycles. The molecule has 0 saturated carbocycles. The normalized spacial score (nSPS) is 18.8. The predicted octanol–water partition coefficient (Wildman–Crippen LogP) is 2.86. The van der Waals surface area contributed by atoms with Gasteiger partial charge in [-0.15, -0.1) is 0 Å².